The molecule has 0 spiro atoms. The fraction of sp³-hybridized carbons (Fsp3) is 0.235. The fourth-order valence-electron chi connectivity index (χ4n) is 2.66. The maximum absolute atomic E-state index is 11.2. The molecule has 21 heavy (non-hydrogen) atoms. The number of halogens is 1. The van der Waals surface area contributed by atoms with E-state index in [4.69, 9.17) is 16.3 Å². The Hall–Kier alpha value is -2.00. The van der Waals surface area contributed by atoms with Crippen LogP contribution in [0.15, 0.2) is 36.4 Å². The first-order chi connectivity index (χ1) is 10.1. The van der Waals surface area contributed by atoms with Gasteiger partial charge in [0.15, 0.2) is 0 Å². The van der Waals surface area contributed by atoms with Gasteiger partial charge in [-0.2, -0.15) is 0 Å². The Labute approximate surface area is 128 Å². The van der Waals surface area contributed by atoms with Crippen LogP contribution in [-0.2, 0) is 12.8 Å². The maximum Gasteiger partial charge on any atom is 0.339 e. The van der Waals surface area contributed by atoms with Crippen LogP contribution < -0.4 is 4.74 Å². The van der Waals surface area contributed by atoms with E-state index in [0.717, 1.165) is 12.8 Å². The molecule has 0 unspecified atom stereocenters. The third-order valence-electron chi connectivity index (χ3n) is 3.72. The average Bonchev–Trinajstić information content (AvgIpc) is 2.47. The number of hydrogen-bond acceptors (Lipinski definition) is 2. The summed E-state index contributed by atoms with van der Waals surface area (Å²) in [4.78, 5) is 11.2. The average molecular weight is 303 g/mol. The molecule has 4 heteroatoms. The Bertz CT molecular complexity index is 694. The van der Waals surface area contributed by atoms with Gasteiger partial charge in [0, 0.05) is 11.1 Å². The Morgan fingerprint density at radius 2 is 1.81 bits per heavy atom. The van der Waals surface area contributed by atoms with Crippen LogP contribution >= 0.6 is 11.6 Å². The summed E-state index contributed by atoms with van der Waals surface area (Å²) in [7, 11) is 0. The van der Waals surface area contributed by atoms with Crippen LogP contribution in [0.2, 0.25) is 5.02 Å². The molecule has 0 atom stereocenters. The smallest absolute Gasteiger partial charge is 0.339 e. The summed E-state index contributed by atoms with van der Waals surface area (Å²) in [5.74, 6) is -0.106. The van der Waals surface area contributed by atoms with Crippen molar-refractivity contribution in [3.05, 3.63) is 58.1 Å². The summed E-state index contributed by atoms with van der Waals surface area (Å²) in [6.45, 7) is 0. The van der Waals surface area contributed by atoms with Crippen molar-refractivity contribution in [1.29, 1.82) is 0 Å². The molecule has 2 aromatic carbocycles. The molecule has 0 radical (unpaired) electrons. The highest BCUT2D eigenvalue weighted by atomic mass is 35.5. The molecular weight excluding hydrogens is 288 g/mol. The zero-order valence-corrected chi connectivity index (χ0v) is 12.2. The molecule has 1 aliphatic carbocycles. The first-order valence-corrected chi connectivity index (χ1v) is 7.34. The van der Waals surface area contributed by atoms with E-state index in [1.165, 1.54) is 36.1 Å². The number of hydrogen-bond donors (Lipinski definition) is 1. The van der Waals surface area contributed by atoms with Crippen molar-refractivity contribution < 1.29 is 14.6 Å². The standard InChI is InChI=1S/C17H15ClO3/c18-13-6-8-15(17(19)20)16(10-13)21-14-7-5-11-3-1-2-4-12(11)9-14/h5-10H,1-4H2,(H,19,20). The highest BCUT2D eigenvalue weighted by Crippen LogP contribution is 2.31. The lowest BCUT2D eigenvalue weighted by Gasteiger charge is -2.17. The molecule has 2 aromatic rings. The minimum atomic E-state index is -1.03. The van der Waals surface area contributed by atoms with Gasteiger partial charge in [-0.25, -0.2) is 4.79 Å². The highest BCUT2D eigenvalue weighted by Gasteiger charge is 2.14. The minimum Gasteiger partial charge on any atom is -0.478 e. The summed E-state index contributed by atoms with van der Waals surface area (Å²) in [6.07, 6.45) is 4.57. The number of ether oxygens (including phenoxy) is 1. The van der Waals surface area contributed by atoms with Crippen LogP contribution in [0, 0.1) is 0 Å². The number of fused-ring (bicyclic) bond motifs is 1. The van der Waals surface area contributed by atoms with Gasteiger partial charge in [-0.15, -0.1) is 0 Å². The molecule has 1 aliphatic rings. The molecule has 108 valence electrons. The Morgan fingerprint density at radius 3 is 2.57 bits per heavy atom. The van der Waals surface area contributed by atoms with Crippen LogP contribution in [0.3, 0.4) is 0 Å². The van der Waals surface area contributed by atoms with Gasteiger partial charge in [0.25, 0.3) is 0 Å². The van der Waals surface area contributed by atoms with Gasteiger partial charge in [0.05, 0.1) is 0 Å². The van der Waals surface area contributed by atoms with Crippen LogP contribution in [0.5, 0.6) is 11.5 Å². The zero-order valence-electron chi connectivity index (χ0n) is 11.4. The first kappa shape index (κ1) is 14.0. The summed E-state index contributed by atoms with van der Waals surface area (Å²) in [5, 5.41) is 9.66. The van der Waals surface area contributed by atoms with E-state index in [0.29, 0.717) is 10.8 Å². The van der Waals surface area contributed by atoms with Crippen molar-refractivity contribution in [2.24, 2.45) is 0 Å². The highest BCUT2D eigenvalue weighted by molar-refractivity contribution is 6.30. The predicted octanol–water partition coefficient (Wildman–Crippen LogP) is 4.71. The second kappa shape index (κ2) is 5.78. The van der Waals surface area contributed by atoms with Crippen LogP contribution in [0.4, 0.5) is 0 Å². The predicted molar refractivity (Wildman–Crippen MR) is 81.6 cm³/mol. The lowest BCUT2D eigenvalue weighted by Crippen LogP contribution is -2.03. The molecule has 0 bridgehead atoms. The third kappa shape index (κ3) is 3.03. The van der Waals surface area contributed by atoms with E-state index >= 15 is 0 Å². The largest absolute Gasteiger partial charge is 0.478 e. The number of aromatic carboxylic acids is 1. The summed E-state index contributed by atoms with van der Waals surface area (Å²) < 4.78 is 5.75. The number of carboxylic acid groups (broad SMARTS) is 1. The number of aryl methyl sites for hydroxylation is 2. The Morgan fingerprint density at radius 1 is 1.05 bits per heavy atom. The number of carbonyl (C=O) groups is 1. The van der Waals surface area contributed by atoms with Crippen molar-refractivity contribution >= 4 is 17.6 Å². The summed E-state index contributed by atoms with van der Waals surface area (Å²) in [5.41, 5.74) is 2.76. The van der Waals surface area contributed by atoms with Gasteiger partial charge in [0.1, 0.15) is 17.1 Å². The fourth-order valence-corrected chi connectivity index (χ4v) is 2.82. The molecule has 1 N–H and O–H groups in total. The molecule has 0 fully saturated rings. The number of rotatable bonds is 3. The van der Waals surface area contributed by atoms with Gasteiger partial charge in [-0.1, -0.05) is 17.7 Å². The van der Waals surface area contributed by atoms with Gasteiger partial charge < -0.3 is 9.84 Å². The molecule has 0 saturated carbocycles. The molecule has 0 aliphatic heterocycles. The monoisotopic (exact) mass is 302 g/mol. The number of benzene rings is 2. The maximum atomic E-state index is 11.2. The molecular formula is C17H15ClO3. The van der Waals surface area contributed by atoms with Gasteiger partial charge in [-0.3, -0.25) is 0 Å². The van der Waals surface area contributed by atoms with Gasteiger partial charge >= 0.3 is 5.97 Å². The Kier molecular flexibility index (Phi) is 3.84. The topological polar surface area (TPSA) is 46.5 Å². The van der Waals surface area contributed by atoms with Crippen molar-refractivity contribution in [3.8, 4) is 11.5 Å². The van der Waals surface area contributed by atoms with Crippen molar-refractivity contribution in [2.45, 2.75) is 25.7 Å². The second-order valence-corrected chi connectivity index (χ2v) is 5.62. The van der Waals surface area contributed by atoms with E-state index in [-0.39, 0.29) is 11.3 Å². The van der Waals surface area contributed by atoms with Crippen LogP contribution in [0.25, 0.3) is 0 Å². The second-order valence-electron chi connectivity index (χ2n) is 5.19. The third-order valence-corrected chi connectivity index (χ3v) is 3.96. The van der Waals surface area contributed by atoms with E-state index in [1.807, 2.05) is 12.1 Å². The first-order valence-electron chi connectivity index (χ1n) is 6.96. The van der Waals surface area contributed by atoms with Crippen LogP contribution in [-0.4, -0.2) is 11.1 Å². The molecule has 0 heterocycles. The van der Waals surface area contributed by atoms with Gasteiger partial charge in [-0.05, 0) is 61.1 Å². The van der Waals surface area contributed by atoms with E-state index in [1.54, 1.807) is 6.07 Å². The van der Waals surface area contributed by atoms with E-state index in [2.05, 4.69) is 6.07 Å². The Balaban J connectivity index is 1.93. The molecule has 3 rings (SSSR count). The van der Waals surface area contributed by atoms with Crippen molar-refractivity contribution in [3.63, 3.8) is 0 Å². The molecule has 0 saturated heterocycles. The van der Waals surface area contributed by atoms with E-state index in [9.17, 15) is 9.90 Å². The van der Waals surface area contributed by atoms with Crippen LogP contribution in [0.1, 0.15) is 34.3 Å². The zero-order chi connectivity index (χ0) is 14.8. The van der Waals surface area contributed by atoms with Crippen molar-refractivity contribution in [2.75, 3.05) is 0 Å². The summed E-state index contributed by atoms with van der Waals surface area (Å²) in [6, 6.07) is 10.5. The SMILES string of the molecule is O=C(O)c1ccc(Cl)cc1Oc1ccc2c(c1)CCCC2. The molecule has 0 aromatic heterocycles. The van der Waals surface area contributed by atoms with Gasteiger partial charge in [0.2, 0.25) is 0 Å². The quantitative estimate of drug-likeness (QED) is 0.893. The summed E-state index contributed by atoms with van der Waals surface area (Å²) >= 11 is 5.93. The molecule has 0 amide bonds. The lowest BCUT2D eigenvalue weighted by atomic mass is 9.92. The minimum absolute atomic E-state index is 0.108. The van der Waals surface area contributed by atoms with Crippen molar-refractivity contribution in [1.82, 2.24) is 0 Å². The number of carboxylic acids is 1. The lowest BCUT2D eigenvalue weighted by molar-refractivity contribution is 0.0694. The molecule has 3 nitrogen and oxygen atoms in total. The normalized spacial score (nSPS) is 13.6. The van der Waals surface area contributed by atoms with E-state index < -0.39 is 5.97 Å².